The van der Waals surface area contributed by atoms with Gasteiger partial charge in [0.25, 0.3) is 5.91 Å². The number of aryl methyl sites for hydroxylation is 1. The van der Waals surface area contributed by atoms with Gasteiger partial charge in [0.2, 0.25) is 0 Å². The summed E-state index contributed by atoms with van der Waals surface area (Å²) in [6.07, 6.45) is -0.849. The molecule has 0 bridgehead atoms. The van der Waals surface area contributed by atoms with Gasteiger partial charge in [0.15, 0.2) is 6.10 Å². The molecule has 1 atom stereocenters. The topological polar surface area (TPSA) is 68.3 Å². The summed E-state index contributed by atoms with van der Waals surface area (Å²) in [6.45, 7) is 3.58. The standard InChI is InChI=1S/C21H20N2O3S/c1-14-7-6-8-16(11-14)21-23-18(13-27-21)12-19(24)26-15(2)20(25)22-17-9-4-3-5-10-17/h3-11,13,15H,12H2,1-2H3,(H,22,25). The van der Waals surface area contributed by atoms with Crippen LogP contribution in [0.1, 0.15) is 18.2 Å². The van der Waals surface area contributed by atoms with Gasteiger partial charge in [0.05, 0.1) is 12.1 Å². The summed E-state index contributed by atoms with van der Waals surface area (Å²) in [5.74, 6) is -0.847. The highest BCUT2D eigenvalue weighted by Gasteiger charge is 2.19. The molecule has 1 amide bonds. The number of hydrogen-bond donors (Lipinski definition) is 1. The molecule has 0 aliphatic rings. The Hall–Kier alpha value is -2.99. The Morgan fingerprint density at radius 2 is 1.93 bits per heavy atom. The van der Waals surface area contributed by atoms with Crippen molar-refractivity contribution >= 4 is 28.9 Å². The largest absolute Gasteiger partial charge is 0.452 e. The van der Waals surface area contributed by atoms with Gasteiger partial charge in [-0.15, -0.1) is 11.3 Å². The lowest BCUT2D eigenvalue weighted by atomic mass is 10.1. The molecule has 2 aromatic carbocycles. The van der Waals surface area contributed by atoms with Crippen LogP contribution in [0.2, 0.25) is 0 Å². The molecule has 0 aliphatic heterocycles. The summed E-state index contributed by atoms with van der Waals surface area (Å²) >= 11 is 1.48. The molecular weight excluding hydrogens is 360 g/mol. The Labute approximate surface area is 162 Å². The van der Waals surface area contributed by atoms with Crippen LogP contribution in [0.3, 0.4) is 0 Å². The van der Waals surface area contributed by atoms with E-state index in [1.165, 1.54) is 11.3 Å². The first-order chi connectivity index (χ1) is 13.0. The van der Waals surface area contributed by atoms with E-state index >= 15 is 0 Å². The fourth-order valence-electron chi connectivity index (χ4n) is 2.50. The third-order valence-electron chi connectivity index (χ3n) is 3.86. The number of nitrogens with one attached hydrogen (secondary N) is 1. The molecule has 1 N–H and O–H groups in total. The van der Waals surface area contributed by atoms with Crippen LogP contribution in [-0.4, -0.2) is 23.0 Å². The summed E-state index contributed by atoms with van der Waals surface area (Å²) in [5, 5.41) is 5.41. The highest BCUT2D eigenvalue weighted by atomic mass is 32.1. The van der Waals surface area contributed by atoms with Crippen LogP contribution < -0.4 is 5.32 Å². The normalized spacial score (nSPS) is 11.6. The molecule has 1 unspecified atom stereocenters. The fourth-order valence-corrected chi connectivity index (χ4v) is 3.32. The van der Waals surface area contributed by atoms with Crippen LogP contribution in [0.4, 0.5) is 5.69 Å². The maximum atomic E-state index is 12.1. The number of amides is 1. The van der Waals surface area contributed by atoms with E-state index in [1.54, 1.807) is 19.1 Å². The molecule has 0 aliphatic carbocycles. The van der Waals surface area contributed by atoms with Gasteiger partial charge in [-0.25, -0.2) is 4.98 Å². The molecule has 1 heterocycles. The Morgan fingerprint density at radius 3 is 2.67 bits per heavy atom. The maximum absolute atomic E-state index is 12.1. The minimum Gasteiger partial charge on any atom is -0.452 e. The number of anilines is 1. The van der Waals surface area contributed by atoms with Crippen LogP contribution in [-0.2, 0) is 20.7 Å². The summed E-state index contributed by atoms with van der Waals surface area (Å²) in [5.41, 5.74) is 3.47. The lowest BCUT2D eigenvalue weighted by Crippen LogP contribution is -2.30. The first kappa shape index (κ1) is 18.8. The highest BCUT2D eigenvalue weighted by Crippen LogP contribution is 2.24. The zero-order valence-corrected chi connectivity index (χ0v) is 16.0. The molecule has 27 heavy (non-hydrogen) atoms. The molecule has 0 saturated carbocycles. The van der Waals surface area contributed by atoms with Crippen LogP contribution in [0.15, 0.2) is 60.0 Å². The number of carbonyl (C=O) groups is 2. The number of nitrogens with zero attached hydrogens (tertiary/aromatic N) is 1. The Balaban J connectivity index is 1.55. The van der Waals surface area contributed by atoms with Gasteiger partial charge >= 0.3 is 5.97 Å². The van der Waals surface area contributed by atoms with E-state index in [0.29, 0.717) is 11.4 Å². The van der Waals surface area contributed by atoms with E-state index in [0.717, 1.165) is 16.1 Å². The van der Waals surface area contributed by atoms with E-state index < -0.39 is 12.1 Å². The quantitative estimate of drug-likeness (QED) is 0.650. The van der Waals surface area contributed by atoms with Crippen molar-refractivity contribution in [2.75, 3.05) is 5.32 Å². The molecule has 138 valence electrons. The second-order valence-corrected chi connectivity index (χ2v) is 7.04. The zero-order valence-electron chi connectivity index (χ0n) is 15.1. The van der Waals surface area contributed by atoms with Gasteiger partial charge in [0, 0.05) is 16.6 Å². The second kappa shape index (κ2) is 8.60. The molecule has 3 aromatic rings. The second-order valence-electron chi connectivity index (χ2n) is 6.18. The van der Waals surface area contributed by atoms with Gasteiger partial charge < -0.3 is 10.1 Å². The third-order valence-corrected chi connectivity index (χ3v) is 4.80. The molecule has 3 rings (SSSR count). The monoisotopic (exact) mass is 380 g/mol. The minimum atomic E-state index is -0.882. The maximum Gasteiger partial charge on any atom is 0.312 e. The van der Waals surface area contributed by atoms with Crippen molar-refractivity contribution in [1.82, 2.24) is 4.98 Å². The highest BCUT2D eigenvalue weighted by molar-refractivity contribution is 7.13. The molecule has 0 radical (unpaired) electrons. The molecule has 0 spiro atoms. The smallest absolute Gasteiger partial charge is 0.312 e. The van der Waals surface area contributed by atoms with Gasteiger partial charge in [-0.05, 0) is 32.0 Å². The number of aromatic nitrogens is 1. The van der Waals surface area contributed by atoms with Crippen molar-refractivity contribution in [3.63, 3.8) is 0 Å². The van der Waals surface area contributed by atoms with Crippen LogP contribution in [0.25, 0.3) is 10.6 Å². The number of ether oxygens (including phenoxy) is 1. The van der Waals surface area contributed by atoms with Crippen LogP contribution >= 0.6 is 11.3 Å². The molecule has 0 fully saturated rings. The van der Waals surface area contributed by atoms with Crippen molar-refractivity contribution in [1.29, 1.82) is 0 Å². The fraction of sp³-hybridized carbons (Fsp3) is 0.190. The number of para-hydroxylation sites is 1. The summed E-state index contributed by atoms with van der Waals surface area (Å²) < 4.78 is 5.24. The number of thiazole rings is 1. The first-order valence-corrected chi connectivity index (χ1v) is 9.46. The van der Waals surface area contributed by atoms with Crippen LogP contribution in [0, 0.1) is 6.92 Å². The van der Waals surface area contributed by atoms with Gasteiger partial charge in [0.1, 0.15) is 5.01 Å². The zero-order chi connectivity index (χ0) is 19.2. The number of hydrogen-bond acceptors (Lipinski definition) is 5. The van der Waals surface area contributed by atoms with E-state index in [-0.39, 0.29) is 12.3 Å². The Kier molecular flexibility index (Phi) is 5.98. The average Bonchev–Trinajstić information content (AvgIpc) is 3.11. The molecule has 0 saturated heterocycles. The van der Waals surface area contributed by atoms with Gasteiger partial charge in [-0.1, -0.05) is 42.0 Å². The predicted molar refractivity (Wildman–Crippen MR) is 107 cm³/mol. The number of esters is 1. The number of carbonyl (C=O) groups excluding carboxylic acids is 2. The predicted octanol–water partition coefficient (Wildman–Crippen LogP) is 4.23. The van der Waals surface area contributed by atoms with E-state index in [2.05, 4.69) is 16.4 Å². The summed E-state index contributed by atoms with van der Waals surface area (Å²) in [4.78, 5) is 28.8. The molecular formula is C21H20N2O3S. The van der Waals surface area contributed by atoms with Gasteiger partial charge in [-0.3, -0.25) is 9.59 Å². The third kappa shape index (κ3) is 5.24. The molecule has 1 aromatic heterocycles. The van der Waals surface area contributed by atoms with Crippen molar-refractivity contribution in [2.45, 2.75) is 26.4 Å². The van der Waals surface area contributed by atoms with E-state index in [9.17, 15) is 9.59 Å². The minimum absolute atomic E-state index is 0.0330. The summed E-state index contributed by atoms with van der Waals surface area (Å²) in [6, 6.07) is 17.1. The van der Waals surface area contributed by atoms with Crippen molar-refractivity contribution < 1.29 is 14.3 Å². The SMILES string of the molecule is Cc1cccc(-c2nc(CC(=O)OC(C)C(=O)Nc3ccccc3)cs2)c1. The first-order valence-electron chi connectivity index (χ1n) is 8.58. The van der Waals surface area contributed by atoms with Crippen LogP contribution in [0.5, 0.6) is 0 Å². The van der Waals surface area contributed by atoms with Crippen molar-refractivity contribution in [2.24, 2.45) is 0 Å². The van der Waals surface area contributed by atoms with Crippen molar-refractivity contribution in [3.8, 4) is 10.6 Å². The molecule has 6 heteroatoms. The van der Waals surface area contributed by atoms with Gasteiger partial charge in [-0.2, -0.15) is 0 Å². The summed E-state index contributed by atoms with van der Waals surface area (Å²) in [7, 11) is 0. The van der Waals surface area contributed by atoms with Crippen molar-refractivity contribution in [3.05, 3.63) is 71.2 Å². The molecule has 5 nitrogen and oxygen atoms in total. The number of benzene rings is 2. The lowest BCUT2D eigenvalue weighted by molar-refractivity contribution is -0.152. The average molecular weight is 380 g/mol. The Bertz CT molecular complexity index is 937. The lowest BCUT2D eigenvalue weighted by Gasteiger charge is -2.13. The Morgan fingerprint density at radius 1 is 1.15 bits per heavy atom. The van der Waals surface area contributed by atoms with E-state index in [4.69, 9.17) is 4.74 Å². The van der Waals surface area contributed by atoms with E-state index in [1.807, 2.05) is 48.7 Å². The number of rotatable bonds is 6.